The second kappa shape index (κ2) is 8.13. The van der Waals surface area contributed by atoms with E-state index in [0.717, 1.165) is 17.1 Å². The molecule has 0 radical (unpaired) electrons. The number of nitrogens with zero attached hydrogens (tertiary/aromatic N) is 1. The van der Waals surface area contributed by atoms with Crippen molar-refractivity contribution in [3.8, 4) is 0 Å². The Morgan fingerprint density at radius 2 is 1.97 bits per heavy atom. The van der Waals surface area contributed by atoms with Crippen molar-refractivity contribution in [2.24, 2.45) is 16.7 Å². The summed E-state index contributed by atoms with van der Waals surface area (Å²) >= 11 is 0. The molecule has 1 amide bonds. The molecule has 2 bridgehead atoms. The summed E-state index contributed by atoms with van der Waals surface area (Å²) in [5.74, 6) is 0.394. The number of fused-ring (bicyclic) bond motifs is 2. The fourth-order valence-corrected chi connectivity index (χ4v) is 6.47. The van der Waals surface area contributed by atoms with E-state index in [1.165, 1.54) is 26.6 Å². The van der Waals surface area contributed by atoms with Crippen LogP contribution in [-0.4, -0.2) is 59.0 Å². The molecule has 0 aliphatic heterocycles. The molecule has 3 atom stereocenters. The predicted molar refractivity (Wildman–Crippen MR) is 118 cm³/mol. The van der Waals surface area contributed by atoms with Crippen LogP contribution in [0.2, 0.25) is 0 Å². The van der Waals surface area contributed by atoms with E-state index < -0.39 is 10.0 Å². The van der Waals surface area contributed by atoms with E-state index in [2.05, 4.69) is 31.4 Å². The van der Waals surface area contributed by atoms with Crippen molar-refractivity contribution in [2.75, 3.05) is 39.7 Å². The number of rotatable bonds is 8. The van der Waals surface area contributed by atoms with Gasteiger partial charge in [-0.2, -0.15) is 0 Å². The molecule has 0 aromatic heterocycles. The lowest BCUT2D eigenvalue weighted by Gasteiger charge is -2.43. The summed E-state index contributed by atoms with van der Waals surface area (Å²) in [5.41, 5.74) is 0.951. The first-order valence-corrected chi connectivity index (χ1v) is 12.0. The maximum absolute atomic E-state index is 13.2. The van der Waals surface area contributed by atoms with Crippen LogP contribution in [0.4, 0.5) is 5.69 Å². The average molecular weight is 438 g/mol. The van der Waals surface area contributed by atoms with Crippen molar-refractivity contribution < 1.29 is 17.9 Å². The highest BCUT2D eigenvalue weighted by atomic mass is 32.2. The van der Waals surface area contributed by atoms with Crippen LogP contribution in [0.25, 0.3) is 0 Å². The lowest BCUT2D eigenvalue weighted by Crippen LogP contribution is -2.52. The largest absolute Gasteiger partial charge is 0.383 e. The topological polar surface area (TPSA) is 87.7 Å². The number of ether oxygens (including phenoxy) is 1. The van der Waals surface area contributed by atoms with Crippen LogP contribution in [0.15, 0.2) is 23.1 Å². The van der Waals surface area contributed by atoms with E-state index in [0.29, 0.717) is 30.3 Å². The molecule has 2 aliphatic carbocycles. The van der Waals surface area contributed by atoms with Crippen molar-refractivity contribution in [2.45, 2.75) is 51.0 Å². The van der Waals surface area contributed by atoms with Gasteiger partial charge in [-0.1, -0.05) is 20.8 Å². The van der Waals surface area contributed by atoms with Gasteiger partial charge < -0.3 is 15.4 Å². The zero-order chi connectivity index (χ0) is 22.3. The number of hydrogen-bond donors (Lipinski definition) is 2. The maximum Gasteiger partial charge on any atom is 0.251 e. The van der Waals surface area contributed by atoms with Gasteiger partial charge in [0.15, 0.2) is 0 Å². The molecule has 0 spiro atoms. The van der Waals surface area contributed by atoms with Gasteiger partial charge in [-0.3, -0.25) is 4.79 Å². The molecule has 2 fully saturated rings. The average Bonchev–Trinajstić information content (AvgIpc) is 3.16. The van der Waals surface area contributed by atoms with E-state index >= 15 is 0 Å². The number of anilines is 1. The minimum atomic E-state index is -3.72. The third-order valence-corrected chi connectivity index (χ3v) is 9.02. The Morgan fingerprint density at radius 1 is 1.27 bits per heavy atom. The van der Waals surface area contributed by atoms with Crippen molar-refractivity contribution in [1.29, 1.82) is 0 Å². The fourth-order valence-electron chi connectivity index (χ4n) is 5.38. The first-order valence-electron chi connectivity index (χ1n) is 10.5. The summed E-state index contributed by atoms with van der Waals surface area (Å²) in [5, 5.41) is 6.34. The summed E-state index contributed by atoms with van der Waals surface area (Å²) < 4.78 is 32.0. The summed E-state index contributed by atoms with van der Waals surface area (Å²) in [6, 6.07) is 4.89. The van der Waals surface area contributed by atoms with Crippen LogP contribution in [0.5, 0.6) is 0 Å². The zero-order valence-corrected chi connectivity index (χ0v) is 19.7. The lowest BCUT2D eigenvalue weighted by molar-refractivity contribution is 0.0737. The number of carbonyl (C=O) groups excluding carboxylic acids is 1. The molecule has 7 nitrogen and oxygen atoms in total. The highest BCUT2D eigenvalue weighted by molar-refractivity contribution is 7.89. The van der Waals surface area contributed by atoms with E-state index in [-0.39, 0.29) is 27.7 Å². The highest BCUT2D eigenvalue weighted by Crippen LogP contribution is 2.62. The van der Waals surface area contributed by atoms with Crippen molar-refractivity contribution in [3.63, 3.8) is 0 Å². The Bertz CT molecular complexity index is 908. The standard InChI is InChI=1S/C22H35N3O4S/c1-21(2)16-9-10-22(3,14-16)20(21)24-19(26)15-7-8-17(23-11-12-29-6)18(13-15)30(27,28)25(4)5/h7-8,13,16,20,23H,9-12,14H2,1-6H3,(H,24,26)/t16-,20?,22-/m1/s1. The van der Waals surface area contributed by atoms with Gasteiger partial charge in [-0.25, -0.2) is 12.7 Å². The van der Waals surface area contributed by atoms with Crippen LogP contribution >= 0.6 is 0 Å². The number of sulfonamides is 1. The van der Waals surface area contributed by atoms with Gasteiger partial charge in [-0.15, -0.1) is 0 Å². The molecular weight excluding hydrogens is 402 g/mol. The fraction of sp³-hybridized carbons (Fsp3) is 0.682. The van der Waals surface area contributed by atoms with Crippen LogP contribution in [0.1, 0.15) is 50.4 Å². The first kappa shape index (κ1) is 23.0. The number of hydrogen-bond acceptors (Lipinski definition) is 5. The molecule has 3 rings (SSSR count). The Hall–Kier alpha value is -1.64. The molecule has 1 aromatic rings. The zero-order valence-electron chi connectivity index (χ0n) is 18.9. The Balaban J connectivity index is 1.89. The third kappa shape index (κ3) is 3.97. The molecule has 1 aromatic carbocycles. The molecule has 2 N–H and O–H groups in total. The van der Waals surface area contributed by atoms with Gasteiger partial charge >= 0.3 is 0 Å². The van der Waals surface area contributed by atoms with E-state index in [4.69, 9.17) is 4.74 Å². The van der Waals surface area contributed by atoms with E-state index in [9.17, 15) is 13.2 Å². The van der Waals surface area contributed by atoms with Crippen molar-refractivity contribution in [1.82, 2.24) is 9.62 Å². The maximum atomic E-state index is 13.2. The van der Waals surface area contributed by atoms with Gasteiger partial charge in [0.25, 0.3) is 5.91 Å². The van der Waals surface area contributed by atoms with Crippen LogP contribution in [-0.2, 0) is 14.8 Å². The van der Waals surface area contributed by atoms with Gasteiger partial charge in [0.05, 0.1) is 12.3 Å². The second-order valence-corrected chi connectivity index (χ2v) is 11.9. The van der Waals surface area contributed by atoms with Gasteiger partial charge in [0.1, 0.15) is 4.90 Å². The number of methoxy groups -OCH3 is 1. The van der Waals surface area contributed by atoms with Gasteiger partial charge in [-0.05, 0) is 54.2 Å². The molecule has 8 heteroatoms. The quantitative estimate of drug-likeness (QED) is 0.611. The summed E-state index contributed by atoms with van der Waals surface area (Å²) in [7, 11) is 0.838. The number of nitrogens with one attached hydrogen (secondary N) is 2. The van der Waals surface area contributed by atoms with Crippen LogP contribution in [0, 0.1) is 16.7 Å². The molecule has 2 saturated carbocycles. The van der Waals surface area contributed by atoms with E-state index in [1.54, 1.807) is 19.2 Å². The SMILES string of the molecule is COCCNc1ccc(C(=O)NC2C(C)(C)[C@@H]3CC[C@]2(C)C3)cc1S(=O)(=O)N(C)C. The van der Waals surface area contributed by atoms with Crippen molar-refractivity contribution >= 4 is 21.6 Å². The summed E-state index contributed by atoms with van der Waals surface area (Å²) in [6.07, 6.45) is 3.46. The van der Waals surface area contributed by atoms with Gasteiger partial charge in [0, 0.05) is 39.4 Å². The summed E-state index contributed by atoms with van der Waals surface area (Å²) in [4.78, 5) is 13.3. The van der Waals surface area contributed by atoms with E-state index in [1.807, 2.05) is 0 Å². The Labute approximate surface area is 180 Å². The minimum absolute atomic E-state index is 0.0306. The Morgan fingerprint density at radius 3 is 2.53 bits per heavy atom. The highest BCUT2D eigenvalue weighted by Gasteiger charge is 2.59. The number of amides is 1. The lowest BCUT2D eigenvalue weighted by atomic mass is 9.68. The molecular formula is C22H35N3O4S. The number of benzene rings is 1. The third-order valence-electron chi connectivity index (χ3n) is 7.17. The Kier molecular flexibility index (Phi) is 6.24. The van der Waals surface area contributed by atoms with Gasteiger partial charge in [0.2, 0.25) is 10.0 Å². The van der Waals surface area contributed by atoms with Crippen molar-refractivity contribution in [3.05, 3.63) is 23.8 Å². The smallest absolute Gasteiger partial charge is 0.251 e. The predicted octanol–water partition coefficient (Wildman–Crippen LogP) is 2.94. The van der Waals surface area contributed by atoms with Crippen LogP contribution < -0.4 is 10.6 Å². The molecule has 30 heavy (non-hydrogen) atoms. The first-order chi connectivity index (χ1) is 13.9. The summed E-state index contributed by atoms with van der Waals surface area (Å²) in [6.45, 7) is 7.64. The molecule has 0 saturated heterocycles. The molecule has 2 aliphatic rings. The number of carbonyl (C=O) groups is 1. The molecule has 1 unspecified atom stereocenters. The monoisotopic (exact) mass is 437 g/mol. The molecule has 0 heterocycles. The molecule has 168 valence electrons. The minimum Gasteiger partial charge on any atom is -0.383 e. The second-order valence-electron chi connectivity index (χ2n) is 9.74. The van der Waals surface area contributed by atoms with Crippen LogP contribution in [0.3, 0.4) is 0 Å². The normalized spacial score (nSPS) is 27.4.